The van der Waals surface area contributed by atoms with Gasteiger partial charge < -0.3 is 20.4 Å². The number of hydrogen-bond acceptors (Lipinski definition) is 9. The van der Waals surface area contributed by atoms with Crippen molar-refractivity contribution in [2.45, 2.75) is 43.7 Å². The van der Waals surface area contributed by atoms with Gasteiger partial charge in [0.2, 0.25) is 11.0 Å². The lowest BCUT2D eigenvalue weighted by Gasteiger charge is -2.46. The highest BCUT2D eigenvalue weighted by molar-refractivity contribution is 8.03. The van der Waals surface area contributed by atoms with Crippen LogP contribution in [0, 0.1) is 11.8 Å². The Hall–Kier alpha value is -2.67. The summed E-state index contributed by atoms with van der Waals surface area (Å²) < 4.78 is 1.02. The number of anilines is 1. The number of nitrogens with one attached hydrogen (secondary N) is 3. The second-order valence-electron chi connectivity index (χ2n) is 8.81. The summed E-state index contributed by atoms with van der Waals surface area (Å²) >= 11 is 2.85. The van der Waals surface area contributed by atoms with Gasteiger partial charge in [0.15, 0.2) is 0 Å². The number of fused-ring (bicyclic) bond motifs is 2. The molecule has 34 heavy (non-hydrogen) atoms. The van der Waals surface area contributed by atoms with E-state index < -0.39 is 24.0 Å². The van der Waals surface area contributed by atoms with E-state index in [1.807, 2.05) is 31.2 Å². The summed E-state index contributed by atoms with van der Waals surface area (Å²) in [7, 11) is 0. The van der Waals surface area contributed by atoms with E-state index in [0.29, 0.717) is 23.0 Å². The summed E-state index contributed by atoms with van der Waals surface area (Å²) in [6.45, 7) is 3.99. The van der Waals surface area contributed by atoms with Crippen molar-refractivity contribution in [1.29, 1.82) is 0 Å². The zero-order valence-corrected chi connectivity index (χ0v) is 20.2. The van der Waals surface area contributed by atoms with Crippen LogP contribution >= 0.6 is 23.1 Å². The molecule has 2 fully saturated rings. The van der Waals surface area contributed by atoms with Crippen LogP contribution in [-0.4, -0.2) is 67.9 Å². The van der Waals surface area contributed by atoms with E-state index in [2.05, 4.69) is 21.2 Å². The Morgan fingerprint density at radius 3 is 2.82 bits per heavy atom. The summed E-state index contributed by atoms with van der Waals surface area (Å²) in [4.78, 5) is 43.5. The van der Waals surface area contributed by atoms with E-state index in [9.17, 15) is 24.6 Å². The van der Waals surface area contributed by atoms with Crippen LogP contribution in [0.5, 0.6) is 0 Å². The number of nitrogens with zero attached hydrogens (tertiary/aromatic N) is 2. The standard InChI is InChI=1S/C22H25N5O5S2/c1-9-16-15(10(2)28)20(30)27(16)17(21(31)32)18(9)33-11-7-13(23-8-11)19(29)25-26-22-24-12-5-3-4-6-14(12)34-22/h3-6,9-11,13,15-16,23,28H,7-8H2,1-2H3,(H,24,26)(H,25,29)(H,31,32)/t9-,10?,11+,13+,15-,16-/m1/s1. The number of β-lactam (4-membered cyclic amide) rings is 1. The van der Waals surface area contributed by atoms with Crippen LogP contribution in [0.2, 0.25) is 0 Å². The molecule has 6 atom stereocenters. The molecule has 0 bridgehead atoms. The van der Waals surface area contributed by atoms with Crippen LogP contribution in [0.1, 0.15) is 20.3 Å². The summed E-state index contributed by atoms with van der Waals surface area (Å²) in [5, 5.41) is 23.5. The van der Waals surface area contributed by atoms with Crippen molar-refractivity contribution in [3.8, 4) is 0 Å². The Morgan fingerprint density at radius 2 is 2.12 bits per heavy atom. The first-order valence-electron chi connectivity index (χ1n) is 11.1. The largest absolute Gasteiger partial charge is 0.477 e. The zero-order valence-electron chi connectivity index (χ0n) is 18.5. The molecule has 5 N–H and O–H groups in total. The number of amides is 2. The Kier molecular flexibility index (Phi) is 6.00. The molecule has 3 aliphatic heterocycles. The molecule has 2 saturated heterocycles. The number of hydrogen-bond donors (Lipinski definition) is 5. The maximum atomic E-state index is 12.7. The lowest BCUT2D eigenvalue weighted by molar-refractivity contribution is -0.163. The van der Waals surface area contributed by atoms with Gasteiger partial charge in [0, 0.05) is 22.6 Å². The topological polar surface area (TPSA) is 144 Å². The Labute approximate surface area is 203 Å². The molecule has 2 amide bonds. The zero-order chi connectivity index (χ0) is 24.1. The molecule has 0 spiro atoms. The summed E-state index contributed by atoms with van der Waals surface area (Å²) in [5.41, 5.74) is 6.44. The van der Waals surface area contributed by atoms with Crippen LogP contribution < -0.4 is 16.2 Å². The minimum absolute atomic E-state index is 0.00908. The second-order valence-corrected chi connectivity index (χ2v) is 11.2. The van der Waals surface area contributed by atoms with Crippen molar-refractivity contribution < 1.29 is 24.6 Å². The molecule has 2 aromatic rings. The number of carboxylic acid groups (broad SMARTS) is 1. The molecule has 0 aliphatic carbocycles. The molecule has 5 rings (SSSR count). The van der Waals surface area contributed by atoms with Gasteiger partial charge in [0.25, 0.3) is 5.91 Å². The lowest BCUT2D eigenvalue weighted by Crippen LogP contribution is -2.63. The van der Waals surface area contributed by atoms with Gasteiger partial charge in [-0.05, 0) is 25.5 Å². The Balaban J connectivity index is 1.21. The van der Waals surface area contributed by atoms with E-state index in [4.69, 9.17) is 0 Å². The second kappa shape index (κ2) is 8.84. The summed E-state index contributed by atoms with van der Waals surface area (Å²) in [6.07, 6.45) is -0.320. The normalized spacial score (nSPS) is 29.2. The fourth-order valence-electron chi connectivity index (χ4n) is 4.98. The molecule has 1 unspecified atom stereocenters. The maximum absolute atomic E-state index is 12.7. The van der Waals surface area contributed by atoms with Gasteiger partial charge in [-0.2, -0.15) is 0 Å². The van der Waals surface area contributed by atoms with Crippen molar-refractivity contribution in [2.75, 3.05) is 12.0 Å². The highest BCUT2D eigenvalue weighted by atomic mass is 32.2. The van der Waals surface area contributed by atoms with Crippen molar-refractivity contribution in [3.63, 3.8) is 0 Å². The number of aliphatic hydroxyl groups excluding tert-OH is 1. The molecular weight excluding hydrogens is 478 g/mol. The lowest BCUT2D eigenvalue weighted by atomic mass is 9.79. The highest BCUT2D eigenvalue weighted by Gasteiger charge is 2.60. The van der Waals surface area contributed by atoms with Gasteiger partial charge >= 0.3 is 5.97 Å². The predicted octanol–water partition coefficient (Wildman–Crippen LogP) is 1.36. The highest BCUT2D eigenvalue weighted by Crippen LogP contribution is 2.51. The van der Waals surface area contributed by atoms with E-state index in [-0.39, 0.29) is 34.7 Å². The SMILES string of the molecule is CC(O)[C@H]1C(=O)N2C(C(=O)O)=C(S[C@@H]3CN[C@H](C(=O)NNc4nc5ccccc5s4)C3)[C@H](C)[C@H]12. The van der Waals surface area contributed by atoms with Crippen molar-refractivity contribution in [3.05, 3.63) is 34.9 Å². The van der Waals surface area contributed by atoms with Crippen molar-refractivity contribution >= 4 is 56.2 Å². The van der Waals surface area contributed by atoms with Gasteiger partial charge in [0.05, 0.1) is 34.3 Å². The molecule has 0 saturated carbocycles. The Bertz CT molecular complexity index is 1160. The third-order valence-corrected chi connectivity index (χ3v) is 9.06. The van der Waals surface area contributed by atoms with E-state index in [1.54, 1.807) is 6.92 Å². The number of aromatic nitrogens is 1. The van der Waals surface area contributed by atoms with Crippen molar-refractivity contribution in [1.82, 2.24) is 20.6 Å². The van der Waals surface area contributed by atoms with Gasteiger partial charge in [0.1, 0.15) is 5.70 Å². The van der Waals surface area contributed by atoms with Crippen LogP contribution in [-0.2, 0) is 14.4 Å². The summed E-state index contributed by atoms with van der Waals surface area (Å²) in [5.74, 6) is -2.49. The number of aliphatic hydroxyl groups is 1. The monoisotopic (exact) mass is 503 g/mol. The average Bonchev–Trinajstić information content (AvgIpc) is 3.48. The molecule has 1 aromatic carbocycles. The summed E-state index contributed by atoms with van der Waals surface area (Å²) in [6, 6.07) is 6.93. The minimum atomic E-state index is -1.14. The molecule has 0 radical (unpaired) electrons. The molecule has 180 valence electrons. The molecule has 4 heterocycles. The molecule has 12 heteroatoms. The fourth-order valence-corrected chi connectivity index (χ4v) is 7.28. The number of para-hydroxylation sites is 1. The molecule has 3 aliphatic rings. The van der Waals surface area contributed by atoms with Gasteiger partial charge in [-0.1, -0.05) is 30.4 Å². The minimum Gasteiger partial charge on any atom is -0.477 e. The number of thiazole rings is 1. The number of benzene rings is 1. The van der Waals surface area contributed by atoms with E-state index in [1.165, 1.54) is 28.0 Å². The van der Waals surface area contributed by atoms with Gasteiger partial charge in [-0.25, -0.2) is 9.78 Å². The quantitative estimate of drug-likeness (QED) is 0.279. The first kappa shape index (κ1) is 23.1. The van der Waals surface area contributed by atoms with Gasteiger partial charge in [-0.15, -0.1) is 11.8 Å². The van der Waals surface area contributed by atoms with E-state index >= 15 is 0 Å². The van der Waals surface area contributed by atoms with Gasteiger partial charge in [-0.3, -0.25) is 20.4 Å². The third kappa shape index (κ3) is 3.84. The number of carbonyl (C=O) groups excluding carboxylic acids is 2. The predicted molar refractivity (Wildman–Crippen MR) is 129 cm³/mol. The smallest absolute Gasteiger partial charge is 0.353 e. The molecular formula is C22H25N5O5S2. The first-order valence-corrected chi connectivity index (χ1v) is 12.8. The van der Waals surface area contributed by atoms with Crippen molar-refractivity contribution in [2.24, 2.45) is 11.8 Å². The van der Waals surface area contributed by atoms with E-state index in [0.717, 1.165) is 10.2 Å². The maximum Gasteiger partial charge on any atom is 0.353 e. The number of rotatable bonds is 7. The molecule has 10 nitrogen and oxygen atoms in total. The number of carbonyl (C=O) groups is 3. The Morgan fingerprint density at radius 1 is 1.35 bits per heavy atom. The number of hydrazine groups is 1. The molecule has 1 aromatic heterocycles. The number of carboxylic acids is 1. The van der Waals surface area contributed by atoms with Crippen LogP contribution in [0.25, 0.3) is 10.2 Å². The number of aliphatic carboxylic acids is 1. The first-order chi connectivity index (χ1) is 16.3. The van der Waals surface area contributed by atoms with Crippen LogP contribution in [0.3, 0.4) is 0 Å². The fraction of sp³-hybridized carbons (Fsp3) is 0.455. The van der Waals surface area contributed by atoms with Crippen LogP contribution in [0.4, 0.5) is 5.13 Å². The average molecular weight is 504 g/mol. The number of thioether (sulfide) groups is 1. The third-order valence-electron chi connectivity index (χ3n) is 6.60. The van der Waals surface area contributed by atoms with Crippen LogP contribution in [0.15, 0.2) is 34.9 Å².